The predicted octanol–water partition coefficient (Wildman–Crippen LogP) is 25.5. The Morgan fingerprint density at radius 3 is 0.915 bits per heavy atom. The third-order valence-corrected chi connectivity index (χ3v) is 17.9. The Morgan fingerprint density at radius 1 is 0.340 bits per heavy atom. The topological polar surface area (TPSA) is 111 Å². The zero-order valence-electron chi connectivity index (χ0n) is 61.9. The second-order valence-corrected chi connectivity index (χ2v) is 28.8. The first-order chi connectivity index (χ1) is 46.0. The number of rotatable bonds is 72. The smallest absolute Gasteiger partial charge is 0.306 e. The van der Waals surface area contributed by atoms with Gasteiger partial charge in [-0.15, -0.1) is 0 Å². The van der Waals surface area contributed by atoms with Gasteiger partial charge in [-0.3, -0.25) is 14.2 Å². The summed E-state index contributed by atoms with van der Waals surface area (Å²) in [7, 11) is 1.16. The quantitative estimate of drug-likeness (QED) is 0.0195. The van der Waals surface area contributed by atoms with Crippen LogP contribution in [0.1, 0.15) is 348 Å². The van der Waals surface area contributed by atoms with Crippen molar-refractivity contribution in [2.75, 3.05) is 47.5 Å². The summed E-state index contributed by atoms with van der Waals surface area (Å²) in [4.78, 5) is 38.2. The molecule has 0 radical (unpaired) electrons. The first-order valence-electron chi connectivity index (χ1n) is 39.2. The molecule has 0 aliphatic carbocycles. The highest BCUT2D eigenvalue weighted by atomic mass is 31.2. The van der Waals surface area contributed by atoms with Crippen LogP contribution in [0.4, 0.5) is 0 Å². The summed E-state index contributed by atoms with van der Waals surface area (Å²) in [6.45, 7) is 4.15. The van der Waals surface area contributed by atoms with Crippen molar-refractivity contribution in [2.45, 2.75) is 354 Å². The Bertz CT molecular complexity index is 2010. The summed E-state index contributed by atoms with van der Waals surface area (Å²) < 4.78 is 34.4. The molecule has 0 amide bonds. The van der Waals surface area contributed by atoms with Crippen LogP contribution in [0.3, 0.4) is 0 Å². The molecule has 0 aliphatic heterocycles. The van der Waals surface area contributed by atoms with E-state index in [1.807, 2.05) is 21.1 Å². The fourth-order valence-corrected chi connectivity index (χ4v) is 11.7. The number of carbonyl (C=O) groups is 2. The van der Waals surface area contributed by atoms with E-state index in [2.05, 4.69) is 135 Å². The zero-order valence-corrected chi connectivity index (χ0v) is 62.8. The second kappa shape index (κ2) is 73.7. The monoisotopic (exact) mass is 1330 g/mol. The zero-order chi connectivity index (χ0) is 68.3. The highest BCUT2D eigenvalue weighted by molar-refractivity contribution is 7.45. The van der Waals surface area contributed by atoms with Gasteiger partial charge in [0.1, 0.15) is 19.8 Å². The third kappa shape index (κ3) is 77.4. The number of hydrogen-bond donors (Lipinski definition) is 0. The minimum atomic E-state index is -4.65. The van der Waals surface area contributed by atoms with Gasteiger partial charge in [0.05, 0.1) is 27.7 Å². The fraction of sp³-hybridized carbons (Fsp3) is 0.738. The largest absolute Gasteiger partial charge is 0.756 e. The molecule has 2 unspecified atom stereocenters. The molecule has 0 aliphatic rings. The van der Waals surface area contributed by atoms with Gasteiger partial charge in [0.15, 0.2) is 6.10 Å². The van der Waals surface area contributed by atoms with Crippen LogP contribution in [0.5, 0.6) is 0 Å². The van der Waals surface area contributed by atoms with Crippen molar-refractivity contribution in [1.82, 2.24) is 0 Å². The molecule has 10 heteroatoms. The van der Waals surface area contributed by atoms with Crippen molar-refractivity contribution >= 4 is 19.8 Å². The molecule has 94 heavy (non-hydrogen) atoms. The summed E-state index contributed by atoms with van der Waals surface area (Å²) in [5, 5.41) is 0. The molecule has 0 bridgehead atoms. The Hall–Kier alpha value is -3.59. The molecule has 0 spiro atoms. The highest BCUT2D eigenvalue weighted by Crippen LogP contribution is 2.38. The van der Waals surface area contributed by atoms with Gasteiger partial charge in [0.25, 0.3) is 7.82 Å². The molecule has 0 fully saturated rings. The Balaban J connectivity index is 4.03. The SMILES string of the molecule is CC/C=C\C/C=C\C/C=C\C/C=C\C/C=C\C/C=C\C/C=C\C/C=C\C/C=C\CCCCCCCCCCCC(=O)OC(COC(=O)CCCCCCCCCCCCCCCCCCCCCCC/C=C\CCCCCCCCCC)COP(=O)([O-])OCC[N+](C)(C)C. The van der Waals surface area contributed by atoms with Gasteiger partial charge in [0, 0.05) is 12.8 Å². The maximum Gasteiger partial charge on any atom is 0.306 e. The normalized spacial score (nSPS) is 13.7. The van der Waals surface area contributed by atoms with Gasteiger partial charge in [-0.05, 0) is 109 Å². The van der Waals surface area contributed by atoms with E-state index >= 15 is 0 Å². The van der Waals surface area contributed by atoms with E-state index < -0.39 is 26.5 Å². The molecule has 0 aromatic rings. The lowest BCUT2D eigenvalue weighted by molar-refractivity contribution is -0.870. The van der Waals surface area contributed by atoms with Gasteiger partial charge in [-0.2, -0.15) is 0 Å². The van der Waals surface area contributed by atoms with E-state index in [9.17, 15) is 19.0 Å². The van der Waals surface area contributed by atoms with Crippen molar-refractivity contribution < 1.29 is 42.1 Å². The first kappa shape index (κ1) is 90.4. The summed E-state index contributed by atoms with van der Waals surface area (Å²) in [5.41, 5.74) is 0. The third-order valence-electron chi connectivity index (χ3n) is 17.0. The Labute approximate surface area is 581 Å². The van der Waals surface area contributed by atoms with Crippen LogP contribution < -0.4 is 4.89 Å². The summed E-state index contributed by atoms with van der Waals surface area (Å²) >= 11 is 0. The summed E-state index contributed by atoms with van der Waals surface area (Å²) in [5.74, 6) is -0.833. The first-order valence-corrected chi connectivity index (χ1v) is 40.7. The molecule has 0 N–H and O–H groups in total. The minimum absolute atomic E-state index is 0.0357. The number of quaternary nitrogens is 1. The van der Waals surface area contributed by atoms with E-state index in [4.69, 9.17) is 18.5 Å². The lowest BCUT2D eigenvalue weighted by atomic mass is 10.0. The van der Waals surface area contributed by atoms with Gasteiger partial charge in [-0.1, -0.05) is 347 Å². The van der Waals surface area contributed by atoms with E-state index in [-0.39, 0.29) is 32.0 Å². The van der Waals surface area contributed by atoms with Crippen LogP contribution in [-0.4, -0.2) is 70.0 Å². The standard InChI is InChI=1S/C84H148NO8P/c1-6-8-10-12-14-16-18-20-22-24-26-28-30-32-34-36-38-40-41-42-43-45-47-49-51-53-55-57-59-61-63-65-67-69-71-73-75-77-84(87)93-82(81-92-94(88,89)91-79-78-85(3,4)5)80-90-83(86)76-74-72-70-68-66-64-62-60-58-56-54-52-50-48-46-44-39-37-35-33-31-29-27-25-23-21-19-17-15-13-11-9-7-2/h8,10,14,16,20,22,25-28,32,34,38,40,42-43,47,49,53,55,82H,6-7,9,11-13,15,17-19,21,23-24,29-31,33,35-37,39,41,44-46,48,50-52,54,56-81H2,1-5H3/b10-8-,16-14-,22-20-,27-25-,28-26-,34-32-,40-38-,43-42-,49-47-,55-53-. The number of carbonyl (C=O) groups excluding carboxylic acids is 2. The van der Waals surface area contributed by atoms with Crippen LogP contribution in [0, 0.1) is 0 Å². The van der Waals surface area contributed by atoms with Crippen molar-refractivity contribution in [3.8, 4) is 0 Å². The average molecular weight is 1330 g/mol. The number of nitrogens with zero attached hydrogens (tertiary/aromatic N) is 1. The summed E-state index contributed by atoms with van der Waals surface area (Å²) in [6, 6.07) is 0. The maximum absolute atomic E-state index is 12.9. The van der Waals surface area contributed by atoms with E-state index in [1.165, 1.54) is 212 Å². The van der Waals surface area contributed by atoms with Crippen molar-refractivity contribution in [2.24, 2.45) is 0 Å². The molecule has 0 saturated carbocycles. The van der Waals surface area contributed by atoms with Crippen molar-refractivity contribution in [3.05, 3.63) is 122 Å². The van der Waals surface area contributed by atoms with Crippen molar-refractivity contribution in [1.29, 1.82) is 0 Å². The average Bonchev–Trinajstić information content (AvgIpc) is 1.56. The highest BCUT2D eigenvalue weighted by Gasteiger charge is 2.22. The second-order valence-electron chi connectivity index (χ2n) is 27.3. The predicted molar refractivity (Wildman–Crippen MR) is 406 cm³/mol. The number of phosphoric ester groups is 1. The van der Waals surface area contributed by atoms with Crippen LogP contribution in [-0.2, 0) is 32.7 Å². The molecule has 542 valence electrons. The van der Waals surface area contributed by atoms with E-state index in [0.29, 0.717) is 17.4 Å². The number of likely N-dealkylation sites (N-methyl/N-ethyl adjacent to an activating group) is 1. The van der Waals surface area contributed by atoms with Gasteiger partial charge < -0.3 is 27.9 Å². The van der Waals surface area contributed by atoms with Gasteiger partial charge in [-0.25, -0.2) is 0 Å². The molecule has 0 aromatic heterocycles. The Morgan fingerprint density at radius 2 is 0.606 bits per heavy atom. The van der Waals surface area contributed by atoms with Crippen LogP contribution >= 0.6 is 7.82 Å². The summed E-state index contributed by atoms with van der Waals surface area (Å²) in [6.07, 6.45) is 106. The molecule has 0 rings (SSSR count). The maximum atomic E-state index is 12.9. The number of phosphoric acid groups is 1. The minimum Gasteiger partial charge on any atom is -0.756 e. The number of ether oxygens (including phenoxy) is 2. The molecule has 0 aromatic carbocycles. The molecule has 0 saturated heterocycles. The van der Waals surface area contributed by atoms with Gasteiger partial charge in [0.2, 0.25) is 0 Å². The lowest BCUT2D eigenvalue weighted by Gasteiger charge is -2.28. The van der Waals surface area contributed by atoms with Crippen molar-refractivity contribution in [3.63, 3.8) is 0 Å². The van der Waals surface area contributed by atoms with E-state index in [1.54, 1.807) is 0 Å². The molecule has 0 heterocycles. The number of esters is 2. The molecular formula is C84H148NO8P. The van der Waals surface area contributed by atoms with E-state index in [0.717, 1.165) is 103 Å². The van der Waals surface area contributed by atoms with Crippen LogP contribution in [0.15, 0.2) is 122 Å². The lowest BCUT2D eigenvalue weighted by Crippen LogP contribution is -2.37. The number of unbranched alkanes of at least 4 members (excludes halogenated alkanes) is 38. The fourth-order valence-electron chi connectivity index (χ4n) is 11.0. The van der Waals surface area contributed by atoms with Gasteiger partial charge >= 0.3 is 11.9 Å². The van der Waals surface area contributed by atoms with Crippen LogP contribution in [0.25, 0.3) is 0 Å². The van der Waals surface area contributed by atoms with Crippen LogP contribution in [0.2, 0.25) is 0 Å². The Kier molecular flexibility index (Phi) is 70.8. The number of allylic oxidation sites excluding steroid dienone is 20. The molecular weight excluding hydrogens is 1180 g/mol. The number of hydrogen-bond acceptors (Lipinski definition) is 8. The molecule has 9 nitrogen and oxygen atoms in total. The molecule has 2 atom stereocenters.